The monoisotopic (exact) mass is 282 g/mol. The van der Waals surface area contributed by atoms with Crippen LogP contribution in [0.25, 0.3) is 10.8 Å². The maximum Gasteiger partial charge on any atom is 0.260 e. The van der Waals surface area contributed by atoms with Gasteiger partial charge in [-0.2, -0.15) is 4.39 Å². The molecule has 5 heteroatoms. The second-order valence-corrected chi connectivity index (χ2v) is 4.48. The number of nitrogens with one attached hydrogen (secondary N) is 1. The Morgan fingerprint density at radius 2 is 1.86 bits per heavy atom. The van der Waals surface area contributed by atoms with Crippen LogP contribution in [0.2, 0.25) is 0 Å². The molecule has 0 unspecified atom stereocenters. The quantitative estimate of drug-likeness (QED) is 0.709. The van der Waals surface area contributed by atoms with Crippen LogP contribution < -0.4 is 5.32 Å². The van der Waals surface area contributed by atoms with Gasteiger partial charge in [0.25, 0.3) is 5.91 Å². The number of carbonyl (C=O) groups is 1. The van der Waals surface area contributed by atoms with E-state index in [4.69, 9.17) is 0 Å². The van der Waals surface area contributed by atoms with E-state index in [2.05, 4.69) is 10.3 Å². The standard InChI is InChI=1S/C16H11FN2O2/c17-13-6-3-7-14(18-13)19-16(21)12-9-8-10-4-1-2-5-11(10)15(12)20/h1-9,20H,(H,18,19,21). The van der Waals surface area contributed by atoms with E-state index in [0.29, 0.717) is 5.39 Å². The molecule has 0 saturated heterocycles. The molecule has 0 aliphatic carbocycles. The molecule has 1 amide bonds. The van der Waals surface area contributed by atoms with Crippen molar-refractivity contribution in [3.05, 3.63) is 66.1 Å². The van der Waals surface area contributed by atoms with Crippen molar-refractivity contribution in [1.29, 1.82) is 0 Å². The molecule has 0 aliphatic heterocycles. The molecule has 4 nitrogen and oxygen atoms in total. The van der Waals surface area contributed by atoms with E-state index in [1.165, 1.54) is 24.3 Å². The lowest BCUT2D eigenvalue weighted by atomic mass is 10.0. The minimum Gasteiger partial charge on any atom is -0.506 e. The lowest BCUT2D eigenvalue weighted by molar-refractivity contribution is 0.102. The van der Waals surface area contributed by atoms with Gasteiger partial charge in [-0.15, -0.1) is 0 Å². The van der Waals surface area contributed by atoms with Gasteiger partial charge >= 0.3 is 0 Å². The summed E-state index contributed by atoms with van der Waals surface area (Å²) >= 11 is 0. The van der Waals surface area contributed by atoms with E-state index in [9.17, 15) is 14.3 Å². The Morgan fingerprint density at radius 1 is 1.05 bits per heavy atom. The lowest BCUT2D eigenvalue weighted by Gasteiger charge is -2.08. The molecule has 0 spiro atoms. The number of nitrogens with zero attached hydrogens (tertiary/aromatic N) is 1. The van der Waals surface area contributed by atoms with Crippen molar-refractivity contribution in [2.45, 2.75) is 0 Å². The first kappa shape index (κ1) is 13.1. The zero-order valence-corrected chi connectivity index (χ0v) is 10.9. The summed E-state index contributed by atoms with van der Waals surface area (Å²) in [5.74, 6) is -1.25. The van der Waals surface area contributed by atoms with E-state index in [1.807, 2.05) is 12.1 Å². The van der Waals surface area contributed by atoms with Gasteiger partial charge < -0.3 is 10.4 Å². The summed E-state index contributed by atoms with van der Waals surface area (Å²) in [5, 5.41) is 14.1. The number of aromatic hydroxyl groups is 1. The van der Waals surface area contributed by atoms with Gasteiger partial charge in [-0.1, -0.05) is 36.4 Å². The maximum atomic E-state index is 13.0. The van der Waals surface area contributed by atoms with Crippen LogP contribution in [0.4, 0.5) is 10.2 Å². The molecular weight excluding hydrogens is 271 g/mol. The predicted octanol–water partition coefficient (Wildman–Crippen LogP) is 3.33. The summed E-state index contributed by atoms with van der Waals surface area (Å²) in [7, 11) is 0. The van der Waals surface area contributed by atoms with Gasteiger partial charge in [-0.05, 0) is 23.6 Å². The van der Waals surface area contributed by atoms with Gasteiger partial charge in [0.15, 0.2) is 0 Å². The van der Waals surface area contributed by atoms with Gasteiger partial charge in [0.2, 0.25) is 5.95 Å². The van der Waals surface area contributed by atoms with Gasteiger partial charge in [0, 0.05) is 5.39 Å². The van der Waals surface area contributed by atoms with Crippen LogP contribution >= 0.6 is 0 Å². The van der Waals surface area contributed by atoms with Crippen molar-refractivity contribution in [2.75, 3.05) is 5.32 Å². The highest BCUT2D eigenvalue weighted by Gasteiger charge is 2.14. The number of fused-ring (bicyclic) bond motifs is 1. The van der Waals surface area contributed by atoms with Gasteiger partial charge in [-0.3, -0.25) is 4.79 Å². The van der Waals surface area contributed by atoms with Crippen LogP contribution in [0, 0.1) is 5.95 Å². The number of anilines is 1. The van der Waals surface area contributed by atoms with Crippen molar-refractivity contribution in [1.82, 2.24) is 4.98 Å². The van der Waals surface area contributed by atoms with Crippen LogP contribution in [-0.4, -0.2) is 16.0 Å². The number of aromatic nitrogens is 1. The first-order valence-electron chi connectivity index (χ1n) is 6.30. The molecule has 0 radical (unpaired) electrons. The number of hydrogen-bond donors (Lipinski definition) is 2. The smallest absolute Gasteiger partial charge is 0.260 e. The zero-order valence-electron chi connectivity index (χ0n) is 10.9. The van der Waals surface area contributed by atoms with Gasteiger partial charge in [-0.25, -0.2) is 4.98 Å². The highest BCUT2D eigenvalue weighted by molar-refractivity contribution is 6.09. The Kier molecular flexibility index (Phi) is 3.23. The van der Waals surface area contributed by atoms with Crippen LogP contribution in [0.1, 0.15) is 10.4 Å². The molecule has 2 aromatic carbocycles. The van der Waals surface area contributed by atoms with Gasteiger partial charge in [0.05, 0.1) is 5.56 Å². The summed E-state index contributed by atoms with van der Waals surface area (Å²) in [6, 6.07) is 14.5. The second-order valence-electron chi connectivity index (χ2n) is 4.48. The number of carbonyl (C=O) groups excluding carboxylic acids is 1. The lowest BCUT2D eigenvalue weighted by Crippen LogP contribution is -2.13. The van der Waals surface area contributed by atoms with Crippen molar-refractivity contribution in [3.8, 4) is 5.75 Å². The average molecular weight is 282 g/mol. The molecule has 104 valence electrons. The first-order chi connectivity index (χ1) is 10.1. The second kappa shape index (κ2) is 5.20. The molecule has 3 rings (SSSR count). The number of hydrogen-bond acceptors (Lipinski definition) is 3. The molecule has 0 bridgehead atoms. The molecule has 1 aromatic heterocycles. The van der Waals surface area contributed by atoms with E-state index in [0.717, 1.165) is 5.39 Å². The summed E-state index contributed by atoms with van der Waals surface area (Å²) in [6.45, 7) is 0. The maximum absolute atomic E-state index is 13.0. The molecule has 0 aliphatic rings. The average Bonchev–Trinajstić information content (AvgIpc) is 2.48. The summed E-state index contributed by atoms with van der Waals surface area (Å²) in [4.78, 5) is 15.7. The summed E-state index contributed by atoms with van der Waals surface area (Å²) < 4.78 is 13.0. The van der Waals surface area contributed by atoms with Gasteiger partial charge in [0.1, 0.15) is 11.6 Å². The zero-order chi connectivity index (χ0) is 14.8. The fourth-order valence-corrected chi connectivity index (χ4v) is 2.10. The van der Waals surface area contributed by atoms with E-state index >= 15 is 0 Å². The molecular formula is C16H11FN2O2. The number of pyridine rings is 1. The fourth-order valence-electron chi connectivity index (χ4n) is 2.10. The molecule has 0 fully saturated rings. The normalized spacial score (nSPS) is 10.5. The fraction of sp³-hybridized carbons (Fsp3) is 0. The van der Waals surface area contributed by atoms with Crippen LogP contribution in [-0.2, 0) is 0 Å². The van der Waals surface area contributed by atoms with E-state index in [1.54, 1.807) is 18.2 Å². The number of amides is 1. The number of rotatable bonds is 2. The number of phenols is 1. The minimum absolute atomic E-state index is 0.0903. The number of benzene rings is 2. The Balaban J connectivity index is 1.96. The highest BCUT2D eigenvalue weighted by Crippen LogP contribution is 2.28. The van der Waals surface area contributed by atoms with E-state index in [-0.39, 0.29) is 17.1 Å². The molecule has 0 saturated carbocycles. The molecule has 21 heavy (non-hydrogen) atoms. The van der Waals surface area contributed by atoms with Crippen molar-refractivity contribution in [3.63, 3.8) is 0 Å². The van der Waals surface area contributed by atoms with Crippen molar-refractivity contribution < 1.29 is 14.3 Å². The largest absolute Gasteiger partial charge is 0.506 e. The molecule has 1 heterocycles. The molecule has 0 atom stereocenters. The third kappa shape index (κ3) is 2.53. The van der Waals surface area contributed by atoms with Crippen molar-refractivity contribution in [2.24, 2.45) is 0 Å². The third-order valence-electron chi connectivity index (χ3n) is 3.10. The minimum atomic E-state index is -0.685. The van der Waals surface area contributed by atoms with Crippen molar-refractivity contribution >= 4 is 22.5 Å². The Labute approximate surface area is 119 Å². The topological polar surface area (TPSA) is 62.2 Å². The Morgan fingerprint density at radius 3 is 2.67 bits per heavy atom. The van der Waals surface area contributed by atoms with Crippen LogP contribution in [0.5, 0.6) is 5.75 Å². The van der Waals surface area contributed by atoms with E-state index < -0.39 is 11.9 Å². The van der Waals surface area contributed by atoms with Crippen LogP contribution in [0.15, 0.2) is 54.6 Å². The Hall–Kier alpha value is -2.95. The number of phenolic OH excluding ortho intramolecular Hbond substituents is 1. The predicted molar refractivity (Wildman–Crippen MR) is 77.8 cm³/mol. The summed E-state index contributed by atoms with van der Waals surface area (Å²) in [6.07, 6.45) is 0. The summed E-state index contributed by atoms with van der Waals surface area (Å²) in [5.41, 5.74) is 0.111. The molecule has 3 aromatic rings. The number of halogens is 1. The highest BCUT2D eigenvalue weighted by atomic mass is 19.1. The van der Waals surface area contributed by atoms with Crippen LogP contribution in [0.3, 0.4) is 0 Å². The molecule has 2 N–H and O–H groups in total. The Bertz CT molecular complexity index is 833. The SMILES string of the molecule is O=C(Nc1cccc(F)n1)c1ccc2ccccc2c1O. The third-order valence-corrected chi connectivity index (χ3v) is 3.10. The first-order valence-corrected chi connectivity index (χ1v) is 6.30.